The van der Waals surface area contributed by atoms with Crippen LogP contribution in [0.2, 0.25) is 39.3 Å². The van der Waals surface area contributed by atoms with Crippen LogP contribution in [0.3, 0.4) is 0 Å². The molecule has 0 unspecified atom stereocenters. The number of hydrogen-bond acceptors (Lipinski definition) is 2. The van der Waals surface area contributed by atoms with Gasteiger partial charge in [-0.3, -0.25) is 0 Å². The van der Waals surface area contributed by atoms with Gasteiger partial charge in [0.2, 0.25) is 0 Å². The summed E-state index contributed by atoms with van der Waals surface area (Å²) >= 11 is 0. The third-order valence-corrected chi connectivity index (χ3v) is 6.37. The van der Waals surface area contributed by atoms with E-state index in [2.05, 4.69) is 138 Å². The number of hydrogen-bond donors (Lipinski definition) is 0. The predicted molar refractivity (Wildman–Crippen MR) is 141 cm³/mol. The number of para-hydroxylation sites is 2. The van der Waals surface area contributed by atoms with Gasteiger partial charge in [-0.05, 0) is 28.2 Å². The minimum atomic E-state index is -1.13. The van der Waals surface area contributed by atoms with Crippen LogP contribution >= 0.6 is 0 Å². The monoisotopic (exact) mass is 452 g/mol. The van der Waals surface area contributed by atoms with Crippen molar-refractivity contribution >= 4 is 65.3 Å². The molecule has 2 aromatic carbocycles. The van der Waals surface area contributed by atoms with Gasteiger partial charge in [0, 0.05) is 16.1 Å². The van der Waals surface area contributed by atoms with Crippen molar-refractivity contribution in [1.29, 1.82) is 0 Å². The first kappa shape index (κ1) is 28.5. The molecule has 0 aliphatic heterocycles. The van der Waals surface area contributed by atoms with E-state index < -0.39 is 16.1 Å². The van der Waals surface area contributed by atoms with Gasteiger partial charge >= 0.3 is 37.7 Å². The molecule has 0 fully saturated rings. The van der Waals surface area contributed by atoms with E-state index in [1.807, 2.05) is 0 Å². The fourth-order valence-corrected chi connectivity index (χ4v) is 5.32. The smallest absolute Gasteiger partial charge is 0.428 e. The molecule has 0 aliphatic rings. The zero-order valence-corrected chi connectivity index (χ0v) is 24.6. The van der Waals surface area contributed by atoms with Crippen molar-refractivity contribution in [3.8, 4) is 0 Å². The van der Waals surface area contributed by atoms with Crippen LogP contribution in [0.1, 0.15) is 11.1 Å². The molecule has 0 N–H and O–H groups in total. The zero-order chi connectivity index (χ0) is 21.5. The van der Waals surface area contributed by atoms with E-state index in [0.29, 0.717) is 0 Å². The number of benzene rings is 2. The summed E-state index contributed by atoms with van der Waals surface area (Å²) in [6, 6.07) is 22.1. The van der Waals surface area contributed by atoms with Crippen LogP contribution in [0.4, 0.5) is 11.4 Å². The quantitative estimate of drug-likeness (QED) is 0.393. The fourth-order valence-electron chi connectivity index (χ4n) is 2.97. The van der Waals surface area contributed by atoms with Gasteiger partial charge in [0.15, 0.2) is 0 Å². The van der Waals surface area contributed by atoms with Gasteiger partial charge in [-0.2, -0.15) is 35.3 Å². The van der Waals surface area contributed by atoms with Crippen molar-refractivity contribution < 1.29 is 0 Å². The van der Waals surface area contributed by atoms with Crippen LogP contribution in [0.25, 0.3) is 0 Å². The van der Waals surface area contributed by atoms with Gasteiger partial charge in [-0.25, -0.2) is 0 Å². The molecule has 0 aromatic heterocycles. The molecule has 0 heterocycles. The summed E-state index contributed by atoms with van der Waals surface area (Å²) in [5, 5.41) is 0. The molecule has 0 bridgehead atoms. The van der Waals surface area contributed by atoms with Crippen LogP contribution in [-0.4, -0.2) is 82.1 Å². The van der Waals surface area contributed by atoms with Crippen LogP contribution in [-0.2, 0) is 0 Å². The number of anilines is 2. The molecule has 2 aromatic rings. The van der Waals surface area contributed by atoms with E-state index in [1.54, 1.807) is 0 Å². The van der Waals surface area contributed by atoms with Crippen LogP contribution in [0, 0.1) is 12.1 Å². The summed E-state index contributed by atoms with van der Waals surface area (Å²) in [7, 11) is 6.12. The molecule has 5 heteroatoms. The largest absolute Gasteiger partial charge is 2.00 e. The molecule has 0 amide bonds. The van der Waals surface area contributed by atoms with E-state index in [-0.39, 0.29) is 37.7 Å². The fraction of sp³-hybridized carbons (Fsp3) is 0.417. The Morgan fingerprint density at radius 1 is 0.552 bits per heavy atom. The molecule has 2 nitrogen and oxygen atoms in total. The Bertz CT molecular complexity index is 669. The second-order valence-electron chi connectivity index (χ2n) is 9.93. The van der Waals surface area contributed by atoms with E-state index in [4.69, 9.17) is 0 Å². The van der Waals surface area contributed by atoms with Crippen molar-refractivity contribution in [2.45, 2.75) is 39.3 Å². The number of rotatable bonds is 6. The Labute approximate surface area is 212 Å². The predicted octanol–water partition coefficient (Wildman–Crippen LogP) is 5.98. The number of nitrogens with zero attached hydrogens (tertiary/aromatic N) is 2. The van der Waals surface area contributed by atoms with Crippen molar-refractivity contribution in [2.24, 2.45) is 0 Å². The minimum Gasteiger partial charge on any atom is -0.428 e. The summed E-state index contributed by atoms with van der Waals surface area (Å²) in [6.07, 6.45) is 0. The standard InChI is InChI=1S/2C12H20NSi.Ca/c2*1-13(2)12-9-7-6-8-11(12)10-14(3,4)5;/h2*6-10H,1-5H3;/q2*-1;+2. The topological polar surface area (TPSA) is 6.48 Å². The van der Waals surface area contributed by atoms with E-state index in [9.17, 15) is 0 Å². The molecule has 0 saturated carbocycles. The molecule has 0 aliphatic carbocycles. The summed E-state index contributed by atoms with van der Waals surface area (Å²) < 4.78 is 0. The van der Waals surface area contributed by atoms with Crippen molar-refractivity contribution in [1.82, 2.24) is 0 Å². The van der Waals surface area contributed by atoms with Gasteiger partial charge in [0.25, 0.3) is 0 Å². The van der Waals surface area contributed by atoms with Crippen molar-refractivity contribution in [2.75, 3.05) is 38.0 Å². The third kappa shape index (κ3) is 11.4. The van der Waals surface area contributed by atoms with Gasteiger partial charge in [-0.15, -0.1) is 12.1 Å². The summed E-state index contributed by atoms with van der Waals surface area (Å²) in [4.78, 5) is 4.35. The molecule has 0 atom stereocenters. The molecular formula is C24H40CaN2Si2. The average Bonchev–Trinajstić information content (AvgIpc) is 2.53. The Kier molecular flexibility index (Phi) is 12.1. The first-order chi connectivity index (χ1) is 12.8. The van der Waals surface area contributed by atoms with Crippen LogP contribution in [0.5, 0.6) is 0 Å². The van der Waals surface area contributed by atoms with Gasteiger partial charge < -0.3 is 9.80 Å². The molecule has 0 spiro atoms. The average molecular weight is 453 g/mol. The molecule has 2 rings (SSSR count). The Balaban J connectivity index is 0.000000523. The molecule has 0 radical (unpaired) electrons. The normalized spacial score (nSPS) is 10.8. The maximum atomic E-state index is 2.45. The van der Waals surface area contributed by atoms with Gasteiger partial charge in [0.05, 0.1) is 0 Å². The zero-order valence-electron chi connectivity index (χ0n) is 20.4. The Hall–Kier alpha value is -0.526. The maximum absolute atomic E-state index is 2.45. The van der Waals surface area contributed by atoms with Crippen LogP contribution in [0.15, 0.2) is 48.5 Å². The Morgan fingerprint density at radius 3 is 1.07 bits per heavy atom. The van der Waals surface area contributed by atoms with Gasteiger partial charge in [-0.1, -0.05) is 74.9 Å². The molecular weight excluding hydrogens is 413 g/mol. The summed E-state index contributed by atoms with van der Waals surface area (Å²) in [5.74, 6) is 0. The van der Waals surface area contributed by atoms with Crippen molar-refractivity contribution in [3.05, 3.63) is 71.7 Å². The molecule has 0 saturated heterocycles. The van der Waals surface area contributed by atoms with E-state index in [1.165, 1.54) is 22.5 Å². The molecule has 29 heavy (non-hydrogen) atoms. The second kappa shape index (κ2) is 12.4. The maximum Gasteiger partial charge on any atom is 2.00 e. The summed E-state index contributed by atoms with van der Waals surface area (Å²) in [5.41, 5.74) is 5.37. The van der Waals surface area contributed by atoms with Gasteiger partial charge in [0.1, 0.15) is 0 Å². The summed E-state index contributed by atoms with van der Waals surface area (Å²) in [6.45, 7) is 14.2. The first-order valence-corrected chi connectivity index (χ1v) is 17.2. The van der Waals surface area contributed by atoms with E-state index in [0.717, 1.165) is 0 Å². The third-order valence-electron chi connectivity index (χ3n) is 4.01. The van der Waals surface area contributed by atoms with Crippen molar-refractivity contribution in [3.63, 3.8) is 0 Å². The van der Waals surface area contributed by atoms with E-state index >= 15 is 0 Å². The SMILES string of the molecule is CN(C)c1ccccc1[CH-][Si](C)(C)C.CN(C)c1ccccc1[CH-][Si](C)(C)C.[Ca+2]. The van der Waals surface area contributed by atoms with Crippen LogP contribution < -0.4 is 9.80 Å². The minimum absolute atomic E-state index is 0. The molecule has 156 valence electrons. The Morgan fingerprint density at radius 2 is 0.828 bits per heavy atom. The first-order valence-electron chi connectivity index (χ1n) is 10.0. The second-order valence-corrected chi connectivity index (χ2v) is 20.0.